The van der Waals surface area contributed by atoms with E-state index in [4.69, 9.17) is 9.15 Å². The first kappa shape index (κ1) is 25.7. The van der Waals surface area contributed by atoms with Gasteiger partial charge in [0.2, 0.25) is 11.8 Å². The molecular formula is C30H34N4O4. The van der Waals surface area contributed by atoms with E-state index < -0.39 is 5.97 Å². The van der Waals surface area contributed by atoms with Gasteiger partial charge < -0.3 is 9.15 Å². The van der Waals surface area contributed by atoms with E-state index in [9.17, 15) is 9.59 Å². The van der Waals surface area contributed by atoms with E-state index in [1.807, 2.05) is 56.4 Å². The zero-order valence-electron chi connectivity index (χ0n) is 22.4. The van der Waals surface area contributed by atoms with Crippen LogP contribution in [0, 0.1) is 11.8 Å². The van der Waals surface area contributed by atoms with Gasteiger partial charge in [0.1, 0.15) is 11.3 Å². The third-order valence-corrected chi connectivity index (χ3v) is 7.25. The number of hydrogen-bond donors (Lipinski definition) is 0. The summed E-state index contributed by atoms with van der Waals surface area (Å²) in [6.45, 7) is 8.12. The molecule has 8 heteroatoms. The van der Waals surface area contributed by atoms with Gasteiger partial charge in [-0.15, -0.1) is 0 Å². The van der Waals surface area contributed by atoms with Gasteiger partial charge >= 0.3 is 5.97 Å². The van der Waals surface area contributed by atoms with Gasteiger partial charge in [-0.25, -0.2) is 14.3 Å². The summed E-state index contributed by atoms with van der Waals surface area (Å²) in [7, 11) is 0. The SMILES string of the molecule is CCOC(=O)c1cc(-c2ccc(-c3cc4ncccn4n3)cc2)oc1N(C(=O)C1CCC(C)CC1)C(C)C. The quantitative estimate of drug-likeness (QED) is 0.265. The van der Waals surface area contributed by atoms with Crippen molar-refractivity contribution in [1.82, 2.24) is 14.6 Å². The Bertz CT molecular complexity index is 1400. The van der Waals surface area contributed by atoms with Crippen LogP contribution in [0.4, 0.5) is 5.88 Å². The van der Waals surface area contributed by atoms with Crippen molar-refractivity contribution in [3.05, 3.63) is 60.4 Å². The minimum Gasteiger partial charge on any atom is -0.462 e. The van der Waals surface area contributed by atoms with Gasteiger partial charge in [0.05, 0.1) is 12.3 Å². The number of carbonyl (C=O) groups excluding carboxylic acids is 2. The maximum absolute atomic E-state index is 13.7. The minimum absolute atomic E-state index is 0.00848. The highest BCUT2D eigenvalue weighted by Crippen LogP contribution is 2.37. The van der Waals surface area contributed by atoms with Gasteiger partial charge in [-0.2, -0.15) is 5.10 Å². The molecular weight excluding hydrogens is 480 g/mol. The van der Waals surface area contributed by atoms with Gasteiger partial charge in [-0.1, -0.05) is 31.2 Å². The van der Waals surface area contributed by atoms with Crippen molar-refractivity contribution in [2.45, 2.75) is 59.4 Å². The summed E-state index contributed by atoms with van der Waals surface area (Å²) in [4.78, 5) is 32.6. The molecule has 1 amide bonds. The normalized spacial score (nSPS) is 17.6. The zero-order valence-corrected chi connectivity index (χ0v) is 22.4. The van der Waals surface area contributed by atoms with Crippen molar-refractivity contribution >= 4 is 23.4 Å². The largest absolute Gasteiger partial charge is 0.462 e. The second kappa shape index (κ2) is 10.8. The van der Waals surface area contributed by atoms with Crippen LogP contribution in [0.25, 0.3) is 28.2 Å². The maximum atomic E-state index is 13.7. The van der Waals surface area contributed by atoms with Crippen molar-refractivity contribution < 1.29 is 18.7 Å². The first-order chi connectivity index (χ1) is 18.4. The number of carbonyl (C=O) groups is 2. The van der Waals surface area contributed by atoms with Crippen LogP contribution in [0.2, 0.25) is 0 Å². The molecule has 1 saturated carbocycles. The summed E-state index contributed by atoms with van der Waals surface area (Å²) in [5.74, 6) is 0.832. The molecule has 0 spiro atoms. The molecule has 8 nitrogen and oxygen atoms in total. The molecule has 0 bridgehead atoms. The van der Waals surface area contributed by atoms with Gasteiger partial charge in [0, 0.05) is 47.6 Å². The van der Waals surface area contributed by atoms with Crippen molar-refractivity contribution in [3.8, 4) is 22.6 Å². The van der Waals surface area contributed by atoms with E-state index in [0.717, 1.165) is 48.2 Å². The van der Waals surface area contributed by atoms with Crippen LogP contribution in [0.1, 0.15) is 63.7 Å². The zero-order chi connectivity index (χ0) is 26.8. The molecule has 0 radical (unpaired) electrons. The lowest BCUT2D eigenvalue weighted by Crippen LogP contribution is -2.42. The van der Waals surface area contributed by atoms with E-state index >= 15 is 0 Å². The number of benzene rings is 1. The average Bonchev–Trinajstić information content (AvgIpc) is 3.54. The number of hydrogen-bond acceptors (Lipinski definition) is 6. The highest BCUT2D eigenvalue weighted by Gasteiger charge is 2.35. The van der Waals surface area contributed by atoms with Crippen molar-refractivity contribution in [2.24, 2.45) is 11.8 Å². The Morgan fingerprint density at radius 3 is 2.47 bits per heavy atom. The first-order valence-electron chi connectivity index (χ1n) is 13.4. The monoisotopic (exact) mass is 514 g/mol. The molecule has 38 heavy (non-hydrogen) atoms. The number of rotatable bonds is 7. The van der Waals surface area contributed by atoms with Crippen molar-refractivity contribution in [3.63, 3.8) is 0 Å². The van der Waals surface area contributed by atoms with E-state index in [1.165, 1.54) is 0 Å². The van der Waals surface area contributed by atoms with Crippen LogP contribution in [0.5, 0.6) is 0 Å². The summed E-state index contributed by atoms with van der Waals surface area (Å²) < 4.78 is 13.4. The van der Waals surface area contributed by atoms with Gasteiger partial charge in [-0.3, -0.25) is 9.69 Å². The Hall–Kier alpha value is -3.94. The second-order valence-electron chi connectivity index (χ2n) is 10.3. The predicted octanol–water partition coefficient (Wildman–Crippen LogP) is 6.40. The fraction of sp³-hybridized carbons (Fsp3) is 0.400. The van der Waals surface area contributed by atoms with Crippen molar-refractivity contribution in [2.75, 3.05) is 11.5 Å². The van der Waals surface area contributed by atoms with E-state index in [1.54, 1.807) is 28.6 Å². The lowest BCUT2D eigenvalue weighted by Gasteiger charge is -2.32. The van der Waals surface area contributed by atoms with Gasteiger partial charge in [-0.05, 0) is 58.4 Å². The summed E-state index contributed by atoms with van der Waals surface area (Å²) in [6.07, 6.45) is 7.37. The molecule has 3 aromatic heterocycles. The molecule has 0 aliphatic heterocycles. The number of fused-ring (bicyclic) bond motifs is 1. The summed E-state index contributed by atoms with van der Waals surface area (Å²) >= 11 is 0. The summed E-state index contributed by atoms with van der Waals surface area (Å²) in [6, 6.07) is 13.0. The van der Waals surface area contributed by atoms with Crippen molar-refractivity contribution in [1.29, 1.82) is 0 Å². The standard InChI is InChI=1S/C30H34N4O4/c1-5-37-30(36)24-17-26(38-29(24)34(19(2)3)28(35)23-9-7-20(4)8-10-23)22-13-11-21(12-14-22)25-18-27-31-15-6-16-33(27)32-25/h6,11-20,23H,5,7-10H2,1-4H3. The third-order valence-electron chi connectivity index (χ3n) is 7.25. The number of anilines is 1. The molecule has 1 aromatic carbocycles. The highest BCUT2D eigenvalue weighted by atomic mass is 16.5. The third kappa shape index (κ3) is 5.08. The van der Waals surface area contributed by atoms with E-state index in [0.29, 0.717) is 11.7 Å². The lowest BCUT2D eigenvalue weighted by atomic mass is 9.82. The number of amides is 1. The molecule has 1 fully saturated rings. The lowest BCUT2D eigenvalue weighted by molar-refractivity contribution is -0.124. The van der Waals surface area contributed by atoms with Crippen LogP contribution in [0.15, 0.2) is 59.3 Å². The number of ether oxygens (including phenoxy) is 1. The highest BCUT2D eigenvalue weighted by molar-refractivity contribution is 6.03. The number of nitrogens with zero attached hydrogens (tertiary/aromatic N) is 4. The Labute approximate surface area is 222 Å². The van der Waals surface area contributed by atoms with Crippen LogP contribution in [-0.4, -0.2) is 39.1 Å². The van der Waals surface area contributed by atoms with Crippen LogP contribution in [0.3, 0.4) is 0 Å². The molecule has 5 rings (SSSR count). The molecule has 3 heterocycles. The number of esters is 1. The van der Waals surface area contributed by atoms with E-state index in [2.05, 4.69) is 17.0 Å². The average molecular weight is 515 g/mol. The van der Waals surface area contributed by atoms with Crippen LogP contribution < -0.4 is 4.90 Å². The molecule has 0 saturated heterocycles. The molecule has 0 atom stereocenters. The summed E-state index contributed by atoms with van der Waals surface area (Å²) in [5.41, 5.74) is 3.56. The number of furan rings is 1. The summed E-state index contributed by atoms with van der Waals surface area (Å²) in [5, 5.41) is 4.58. The second-order valence-corrected chi connectivity index (χ2v) is 10.3. The number of aromatic nitrogens is 3. The fourth-order valence-electron chi connectivity index (χ4n) is 5.13. The van der Waals surface area contributed by atoms with E-state index in [-0.39, 0.29) is 35.9 Å². The predicted molar refractivity (Wildman–Crippen MR) is 146 cm³/mol. The molecule has 1 aliphatic rings. The molecule has 0 N–H and O–H groups in total. The Kier molecular flexibility index (Phi) is 7.31. The van der Waals surface area contributed by atoms with Crippen LogP contribution >= 0.6 is 0 Å². The maximum Gasteiger partial charge on any atom is 0.343 e. The molecule has 198 valence electrons. The molecule has 4 aromatic rings. The fourth-order valence-corrected chi connectivity index (χ4v) is 5.13. The Balaban J connectivity index is 1.48. The molecule has 1 aliphatic carbocycles. The van der Waals surface area contributed by atoms with Crippen LogP contribution in [-0.2, 0) is 9.53 Å². The van der Waals surface area contributed by atoms with Gasteiger partial charge in [0.25, 0.3) is 0 Å². The first-order valence-corrected chi connectivity index (χ1v) is 13.4. The topological polar surface area (TPSA) is 89.9 Å². The van der Waals surface area contributed by atoms with Gasteiger partial charge in [0.15, 0.2) is 5.65 Å². The smallest absolute Gasteiger partial charge is 0.343 e. The Morgan fingerprint density at radius 2 is 1.82 bits per heavy atom. The Morgan fingerprint density at radius 1 is 1.11 bits per heavy atom. The molecule has 0 unspecified atom stereocenters. The minimum atomic E-state index is -0.498.